The van der Waals surface area contributed by atoms with Gasteiger partial charge in [-0.2, -0.15) is 0 Å². The lowest BCUT2D eigenvalue weighted by atomic mass is 10.2. The number of carbonyl (C=O) groups is 2. The molecule has 1 atom stereocenters. The number of carbonyl (C=O) groups excluding carboxylic acids is 1. The van der Waals surface area contributed by atoms with Gasteiger partial charge >= 0.3 is 11.9 Å². The van der Waals surface area contributed by atoms with Gasteiger partial charge in [-0.1, -0.05) is 89.9 Å². The largest absolute Gasteiger partial charge is 0.481 e. The van der Waals surface area contributed by atoms with Gasteiger partial charge < -0.3 is 14.9 Å². The number of unbranched alkanes of at least 4 members (excludes halogenated alkanes) is 4. The van der Waals surface area contributed by atoms with Gasteiger partial charge in [-0.15, -0.1) is 0 Å². The molecular weight excluding hydrogens is 348 g/mol. The number of carboxylic acids is 1. The topological polar surface area (TPSA) is 83.8 Å². The summed E-state index contributed by atoms with van der Waals surface area (Å²) >= 11 is 0. The third kappa shape index (κ3) is 11.7. The fourth-order valence-corrected chi connectivity index (χ4v) is 9.34. The first kappa shape index (κ1) is 25.1. The number of esters is 1. The number of hydrogen-bond donors (Lipinski definition) is 2. The molecule has 0 spiro atoms. The molecule has 26 heavy (non-hydrogen) atoms. The van der Waals surface area contributed by atoms with E-state index >= 15 is 0 Å². The first-order chi connectivity index (χ1) is 12.4. The van der Waals surface area contributed by atoms with E-state index in [1.165, 1.54) is 62.7 Å². The fraction of sp³-hybridized carbons (Fsp3) is 0.900. The lowest BCUT2D eigenvalue weighted by Crippen LogP contribution is -2.34. The van der Waals surface area contributed by atoms with E-state index in [1.807, 2.05) is 0 Å². The van der Waals surface area contributed by atoms with E-state index in [0.29, 0.717) is 0 Å². The van der Waals surface area contributed by atoms with Crippen LogP contribution in [0.15, 0.2) is 0 Å². The molecule has 0 aliphatic heterocycles. The predicted octanol–water partition coefficient (Wildman–Crippen LogP) is 4.99. The van der Waals surface area contributed by atoms with Crippen LogP contribution in [-0.2, 0) is 14.3 Å². The highest BCUT2D eigenvalue weighted by Crippen LogP contribution is 2.33. The summed E-state index contributed by atoms with van der Waals surface area (Å²) in [5, 5.41) is 18.0. The van der Waals surface area contributed by atoms with E-state index in [-0.39, 0.29) is 6.61 Å². The molecule has 1 unspecified atom stereocenters. The van der Waals surface area contributed by atoms with Gasteiger partial charge in [-0.3, -0.25) is 4.79 Å². The minimum absolute atomic E-state index is 0.273. The third-order valence-corrected chi connectivity index (χ3v) is 10.8. The Morgan fingerprint density at radius 1 is 0.846 bits per heavy atom. The lowest BCUT2D eigenvalue weighted by molar-refractivity contribution is -0.158. The van der Waals surface area contributed by atoms with Crippen molar-refractivity contribution in [2.75, 3.05) is 6.61 Å². The maximum atomic E-state index is 11.5. The standard InChI is InChI=1S/C20H40O5Si/c1-4-7-13-26(14-8-5-2,15-9-6-3)16-11-10-12-25-20(24)18(21)17-19(22)23/h18,21H,4-17H2,1-3H3,(H,22,23). The van der Waals surface area contributed by atoms with Crippen LogP contribution in [0.25, 0.3) is 0 Å². The smallest absolute Gasteiger partial charge is 0.335 e. The number of carboxylic acid groups (broad SMARTS) is 1. The van der Waals surface area contributed by atoms with Crippen molar-refractivity contribution < 1.29 is 24.5 Å². The quantitative estimate of drug-likeness (QED) is 0.208. The molecule has 0 aromatic heterocycles. The second-order valence-electron chi connectivity index (χ2n) is 7.55. The number of aliphatic hydroxyl groups excluding tert-OH is 1. The van der Waals surface area contributed by atoms with E-state index in [1.54, 1.807) is 0 Å². The molecule has 0 fully saturated rings. The monoisotopic (exact) mass is 388 g/mol. The zero-order valence-electron chi connectivity index (χ0n) is 17.1. The Morgan fingerprint density at radius 2 is 1.31 bits per heavy atom. The van der Waals surface area contributed by atoms with Crippen LogP contribution in [0.5, 0.6) is 0 Å². The van der Waals surface area contributed by atoms with Crippen molar-refractivity contribution in [1.29, 1.82) is 0 Å². The highest BCUT2D eigenvalue weighted by molar-refractivity contribution is 6.79. The molecule has 2 N–H and O–H groups in total. The second kappa shape index (κ2) is 15.2. The fourth-order valence-electron chi connectivity index (χ4n) is 3.53. The van der Waals surface area contributed by atoms with Crippen molar-refractivity contribution in [3.63, 3.8) is 0 Å². The normalized spacial score (nSPS) is 12.8. The van der Waals surface area contributed by atoms with Gasteiger partial charge in [0.2, 0.25) is 0 Å². The molecule has 0 aliphatic rings. The van der Waals surface area contributed by atoms with Gasteiger partial charge in [0.15, 0.2) is 6.10 Å². The van der Waals surface area contributed by atoms with E-state index in [0.717, 1.165) is 12.8 Å². The molecule has 0 aromatic rings. The molecule has 0 saturated heterocycles. The highest BCUT2D eigenvalue weighted by Gasteiger charge is 2.30. The molecule has 0 amide bonds. The van der Waals surface area contributed by atoms with Crippen molar-refractivity contribution in [2.24, 2.45) is 0 Å². The van der Waals surface area contributed by atoms with E-state index < -0.39 is 32.5 Å². The molecule has 5 nitrogen and oxygen atoms in total. The number of hydrogen-bond acceptors (Lipinski definition) is 4. The summed E-state index contributed by atoms with van der Waals surface area (Å²) in [7, 11) is -1.25. The number of rotatable bonds is 17. The van der Waals surface area contributed by atoms with E-state index in [9.17, 15) is 14.7 Å². The van der Waals surface area contributed by atoms with Crippen LogP contribution in [0, 0.1) is 0 Å². The minimum Gasteiger partial charge on any atom is -0.481 e. The SMILES string of the molecule is CCCC[Si](CCCC)(CCCC)CCCCOC(=O)C(O)CC(=O)O. The molecule has 0 bridgehead atoms. The van der Waals surface area contributed by atoms with Crippen molar-refractivity contribution >= 4 is 20.0 Å². The average molecular weight is 389 g/mol. The van der Waals surface area contributed by atoms with Gasteiger partial charge in [0.1, 0.15) is 0 Å². The van der Waals surface area contributed by atoms with E-state index in [2.05, 4.69) is 20.8 Å². The molecule has 6 heteroatoms. The molecule has 0 heterocycles. The second-order valence-corrected chi connectivity index (χ2v) is 12.5. The van der Waals surface area contributed by atoms with Crippen LogP contribution in [0.3, 0.4) is 0 Å². The van der Waals surface area contributed by atoms with Gasteiger partial charge in [-0.25, -0.2) is 4.79 Å². The summed E-state index contributed by atoms with van der Waals surface area (Å²) in [5.74, 6) is -2.02. The van der Waals surface area contributed by atoms with Crippen LogP contribution in [0.1, 0.15) is 78.6 Å². The van der Waals surface area contributed by atoms with Crippen LogP contribution < -0.4 is 0 Å². The van der Waals surface area contributed by atoms with E-state index in [4.69, 9.17) is 9.84 Å². The van der Waals surface area contributed by atoms with Crippen molar-refractivity contribution in [1.82, 2.24) is 0 Å². The Kier molecular flexibility index (Phi) is 14.7. The van der Waals surface area contributed by atoms with Crippen molar-refractivity contribution in [3.8, 4) is 0 Å². The summed E-state index contributed by atoms with van der Waals surface area (Å²) < 4.78 is 5.03. The van der Waals surface area contributed by atoms with Gasteiger partial charge in [0.25, 0.3) is 0 Å². The Bertz CT molecular complexity index is 365. The van der Waals surface area contributed by atoms with Crippen LogP contribution in [-0.4, -0.2) is 42.9 Å². The number of aliphatic carboxylic acids is 1. The summed E-state index contributed by atoms with van der Waals surface area (Å²) in [4.78, 5) is 22.0. The Hall–Kier alpha value is -0.883. The molecule has 0 radical (unpaired) electrons. The summed E-state index contributed by atoms with van der Waals surface area (Å²) in [6, 6.07) is 5.55. The van der Waals surface area contributed by atoms with Crippen molar-refractivity contribution in [3.05, 3.63) is 0 Å². The maximum Gasteiger partial charge on any atom is 0.335 e. The van der Waals surface area contributed by atoms with Crippen LogP contribution >= 0.6 is 0 Å². The first-order valence-corrected chi connectivity index (χ1v) is 13.3. The number of ether oxygens (including phenoxy) is 1. The van der Waals surface area contributed by atoms with Crippen LogP contribution in [0.4, 0.5) is 0 Å². The molecule has 0 aliphatic carbocycles. The summed E-state index contributed by atoms with van der Waals surface area (Å²) in [5.41, 5.74) is 0. The lowest BCUT2D eigenvalue weighted by Gasteiger charge is -2.32. The van der Waals surface area contributed by atoms with Crippen molar-refractivity contribution in [2.45, 2.75) is 109 Å². The van der Waals surface area contributed by atoms with Gasteiger partial charge in [0, 0.05) is 0 Å². The molecular formula is C20H40O5Si. The van der Waals surface area contributed by atoms with Crippen LogP contribution in [0.2, 0.25) is 24.2 Å². The zero-order valence-corrected chi connectivity index (χ0v) is 18.1. The predicted molar refractivity (Wildman–Crippen MR) is 108 cm³/mol. The van der Waals surface area contributed by atoms with Gasteiger partial charge in [-0.05, 0) is 6.42 Å². The molecule has 0 saturated carbocycles. The summed E-state index contributed by atoms with van der Waals surface area (Å²) in [6.07, 6.45) is 7.46. The first-order valence-electron chi connectivity index (χ1n) is 10.5. The Morgan fingerprint density at radius 3 is 1.73 bits per heavy atom. The Balaban J connectivity index is 4.39. The maximum absolute atomic E-state index is 11.5. The molecule has 0 rings (SSSR count). The Labute approximate surface area is 160 Å². The highest BCUT2D eigenvalue weighted by atomic mass is 28.3. The minimum atomic E-state index is -1.56. The molecule has 0 aromatic carbocycles. The summed E-state index contributed by atoms with van der Waals surface area (Å²) in [6.45, 7) is 7.07. The third-order valence-electron chi connectivity index (χ3n) is 5.17. The molecule has 154 valence electrons. The average Bonchev–Trinajstić information content (AvgIpc) is 2.61. The van der Waals surface area contributed by atoms with Gasteiger partial charge in [0.05, 0.1) is 21.1 Å². The number of aliphatic hydroxyl groups is 1. The zero-order chi connectivity index (χ0) is 19.8.